The van der Waals surface area contributed by atoms with Crippen LogP contribution in [0.25, 0.3) is 0 Å². The molecule has 0 atom stereocenters. The molecule has 0 unspecified atom stereocenters. The van der Waals surface area contributed by atoms with Crippen LogP contribution in [0.1, 0.15) is 24.2 Å². The number of carboxylic acid groups (broad SMARTS) is 1. The molecular formula is C11H14N2O3S. The Hall–Kier alpha value is -1.56. The molecule has 0 aliphatic carbocycles. The number of amides is 1. The van der Waals surface area contributed by atoms with E-state index in [0.29, 0.717) is 5.03 Å². The smallest absolute Gasteiger partial charge is 0.337 e. The zero-order valence-corrected chi connectivity index (χ0v) is 10.5. The molecule has 0 fully saturated rings. The quantitative estimate of drug-likeness (QED) is 0.776. The summed E-state index contributed by atoms with van der Waals surface area (Å²) in [5.74, 6) is -0.793. The topological polar surface area (TPSA) is 79.3 Å². The van der Waals surface area contributed by atoms with Crippen LogP contribution in [0.3, 0.4) is 0 Å². The molecule has 1 heterocycles. The minimum atomic E-state index is -1.01. The first-order chi connectivity index (χ1) is 7.99. The number of hydrogen-bond acceptors (Lipinski definition) is 4. The van der Waals surface area contributed by atoms with Crippen LogP contribution >= 0.6 is 11.8 Å². The molecule has 2 N–H and O–H groups in total. The molecule has 0 aromatic carbocycles. The maximum atomic E-state index is 11.3. The molecule has 0 radical (unpaired) electrons. The van der Waals surface area contributed by atoms with Gasteiger partial charge in [0.15, 0.2) is 0 Å². The minimum absolute atomic E-state index is 0.0610. The molecule has 1 rings (SSSR count). The lowest BCUT2D eigenvalue weighted by Gasteiger charge is -2.07. The molecular weight excluding hydrogens is 240 g/mol. The first-order valence-electron chi connectivity index (χ1n) is 5.10. The number of aromatic nitrogens is 1. The van der Waals surface area contributed by atoms with E-state index in [-0.39, 0.29) is 23.3 Å². The summed E-state index contributed by atoms with van der Waals surface area (Å²) in [4.78, 5) is 25.9. The number of hydrogen-bond donors (Lipinski definition) is 2. The highest BCUT2D eigenvalue weighted by Crippen LogP contribution is 2.14. The van der Waals surface area contributed by atoms with E-state index >= 15 is 0 Å². The summed E-state index contributed by atoms with van der Waals surface area (Å²) in [5, 5.41) is 12.1. The summed E-state index contributed by atoms with van der Waals surface area (Å²) in [6.07, 6.45) is 1.28. The Morgan fingerprint density at radius 2 is 2.18 bits per heavy atom. The van der Waals surface area contributed by atoms with Crippen LogP contribution in [0, 0.1) is 0 Å². The Morgan fingerprint density at radius 1 is 1.47 bits per heavy atom. The molecule has 0 saturated heterocycles. The lowest BCUT2D eigenvalue weighted by atomic mass is 10.3. The number of carboxylic acids is 1. The third-order valence-electron chi connectivity index (χ3n) is 1.78. The van der Waals surface area contributed by atoms with Gasteiger partial charge in [0.25, 0.3) is 0 Å². The third-order valence-corrected chi connectivity index (χ3v) is 2.73. The third kappa shape index (κ3) is 4.86. The number of rotatable bonds is 5. The predicted octanol–water partition coefficient (Wildman–Crippen LogP) is 1.40. The van der Waals surface area contributed by atoms with E-state index in [2.05, 4.69) is 10.3 Å². The maximum absolute atomic E-state index is 11.3. The van der Waals surface area contributed by atoms with Crippen LogP contribution in [0.5, 0.6) is 0 Å². The number of nitrogens with one attached hydrogen (secondary N) is 1. The van der Waals surface area contributed by atoms with Gasteiger partial charge in [-0.1, -0.05) is 11.8 Å². The van der Waals surface area contributed by atoms with Gasteiger partial charge in [0.2, 0.25) is 5.91 Å². The molecule has 1 amide bonds. The number of aromatic carboxylic acids is 1. The number of thioether (sulfide) groups is 1. The normalized spacial score (nSPS) is 10.3. The van der Waals surface area contributed by atoms with Crippen molar-refractivity contribution in [3.05, 3.63) is 23.9 Å². The molecule has 1 aromatic heterocycles. The summed E-state index contributed by atoms with van der Waals surface area (Å²) < 4.78 is 0. The highest BCUT2D eigenvalue weighted by Gasteiger charge is 2.06. The Bertz CT molecular complexity index is 404. The van der Waals surface area contributed by atoms with Crippen molar-refractivity contribution in [2.45, 2.75) is 24.9 Å². The van der Waals surface area contributed by atoms with Crippen molar-refractivity contribution in [3.8, 4) is 0 Å². The van der Waals surface area contributed by atoms with Crippen LogP contribution in [0.2, 0.25) is 0 Å². The summed E-state index contributed by atoms with van der Waals surface area (Å²) in [7, 11) is 0. The highest BCUT2D eigenvalue weighted by molar-refractivity contribution is 7.99. The molecule has 0 spiro atoms. The second-order valence-electron chi connectivity index (χ2n) is 3.70. The van der Waals surface area contributed by atoms with Crippen molar-refractivity contribution in [1.29, 1.82) is 0 Å². The van der Waals surface area contributed by atoms with Crippen LogP contribution in [-0.4, -0.2) is 33.8 Å². The van der Waals surface area contributed by atoms with Gasteiger partial charge in [-0.05, 0) is 26.0 Å². The zero-order valence-electron chi connectivity index (χ0n) is 9.64. The molecule has 5 nitrogen and oxygen atoms in total. The van der Waals surface area contributed by atoms with Crippen molar-refractivity contribution in [2.75, 3.05) is 5.75 Å². The highest BCUT2D eigenvalue weighted by atomic mass is 32.2. The fourth-order valence-electron chi connectivity index (χ4n) is 1.10. The van der Waals surface area contributed by atoms with E-state index in [1.165, 1.54) is 24.0 Å². The van der Waals surface area contributed by atoms with E-state index in [4.69, 9.17) is 5.11 Å². The molecule has 0 saturated carbocycles. The molecule has 0 aliphatic heterocycles. The average Bonchev–Trinajstić information content (AvgIpc) is 2.26. The van der Waals surface area contributed by atoms with Crippen LogP contribution < -0.4 is 5.32 Å². The van der Waals surface area contributed by atoms with Crippen molar-refractivity contribution in [3.63, 3.8) is 0 Å². The van der Waals surface area contributed by atoms with Crippen molar-refractivity contribution < 1.29 is 14.7 Å². The Labute approximate surface area is 104 Å². The van der Waals surface area contributed by atoms with Crippen LogP contribution in [0.15, 0.2) is 23.4 Å². The van der Waals surface area contributed by atoms with Crippen LogP contribution in [-0.2, 0) is 4.79 Å². The van der Waals surface area contributed by atoms with Gasteiger partial charge in [-0.25, -0.2) is 9.78 Å². The van der Waals surface area contributed by atoms with E-state index in [0.717, 1.165) is 0 Å². The van der Waals surface area contributed by atoms with Gasteiger partial charge in [0.05, 0.1) is 16.3 Å². The lowest BCUT2D eigenvalue weighted by molar-refractivity contribution is -0.119. The summed E-state index contributed by atoms with van der Waals surface area (Å²) in [6.45, 7) is 3.78. The van der Waals surface area contributed by atoms with Crippen molar-refractivity contribution >= 4 is 23.6 Å². The molecule has 0 bridgehead atoms. The number of nitrogens with zero attached hydrogens (tertiary/aromatic N) is 1. The first-order valence-corrected chi connectivity index (χ1v) is 6.09. The summed E-state index contributed by atoms with van der Waals surface area (Å²) in [5.41, 5.74) is 0.140. The van der Waals surface area contributed by atoms with Gasteiger partial charge < -0.3 is 10.4 Å². The molecule has 17 heavy (non-hydrogen) atoms. The van der Waals surface area contributed by atoms with Gasteiger partial charge in [-0.15, -0.1) is 0 Å². The second kappa shape index (κ2) is 6.24. The molecule has 92 valence electrons. The van der Waals surface area contributed by atoms with Gasteiger partial charge in [-0.3, -0.25) is 4.79 Å². The molecule has 0 aliphatic rings. The fourth-order valence-corrected chi connectivity index (χ4v) is 1.75. The Morgan fingerprint density at radius 3 is 2.65 bits per heavy atom. The monoisotopic (exact) mass is 254 g/mol. The number of pyridine rings is 1. The van der Waals surface area contributed by atoms with Gasteiger partial charge >= 0.3 is 5.97 Å². The summed E-state index contributed by atoms with van der Waals surface area (Å²) in [6, 6.07) is 3.18. The molecule has 6 heteroatoms. The van der Waals surface area contributed by atoms with Crippen molar-refractivity contribution in [1.82, 2.24) is 10.3 Å². The van der Waals surface area contributed by atoms with Gasteiger partial charge in [0, 0.05) is 12.2 Å². The van der Waals surface area contributed by atoms with Crippen molar-refractivity contribution in [2.24, 2.45) is 0 Å². The Kier molecular flexibility index (Phi) is 4.96. The van der Waals surface area contributed by atoms with E-state index < -0.39 is 5.97 Å². The number of carbonyl (C=O) groups excluding carboxylic acids is 1. The van der Waals surface area contributed by atoms with E-state index in [1.807, 2.05) is 13.8 Å². The minimum Gasteiger partial charge on any atom is -0.478 e. The predicted molar refractivity (Wildman–Crippen MR) is 65.2 cm³/mol. The number of carbonyl (C=O) groups is 2. The van der Waals surface area contributed by atoms with E-state index in [1.54, 1.807) is 6.07 Å². The van der Waals surface area contributed by atoms with Gasteiger partial charge in [-0.2, -0.15) is 0 Å². The lowest BCUT2D eigenvalue weighted by Crippen LogP contribution is -2.31. The zero-order chi connectivity index (χ0) is 12.8. The fraction of sp³-hybridized carbons (Fsp3) is 0.364. The SMILES string of the molecule is CC(C)NC(=O)CSc1ccc(C(=O)O)cn1. The largest absolute Gasteiger partial charge is 0.478 e. The second-order valence-corrected chi connectivity index (χ2v) is 4.70. The molecule has 1 aromatic rings. The van der Waals surface area contributed by atoms with Gasteiger partial charge in [0.1, 0.15) is 0 Å². The first kappa shape index (κ1) is 13.5. The standard InChI is InChI=1S/C11H14N2O3S/c1-7(2)13-9(14)6-17-10-4-3-8(5-12-10)11(15)16/h3-5,7H,6H2,1-2H3,(H,13,14)(H,15,16). The Balaban J connectivity index is 2.47. The average molecular weight is 254 g/mol. The van der Waals surface area contributed by atoms with E-state index in [9.17, 15) is 9.59 Å². The van der Waals surface area contributed by atoms with Crippen LogP contribution in [0.4, 0.5) is 0 Å². The summed E-state index contributed by atoms with van der Waals surface area (Å²) >= 11 is 1.27. The maximum Gasteiger partial charge on any atom is 0.337 e.